The summed E-state index contributed by atoms with van der Waals surface area (Å²) in [5, 5.41) is 0.134. The molecule has 0 aliphatic carbocycles. The molecular weight excluding hydrogens is 315 g/mol. The fourth-order valence-corrected chi connectivity index (χ4v) is 2.86. The lowest BCUT2D eigenvalue weighted by Gasteiger charge is -2.02. The zero-order chi connectivity index (χ0) is 11.7. The number of ketones is 1. The molecule has 0 aliphatic heterocycles. The molecule has 1 heterocycles. The quantitative estimate of drug-likeness (QED) is 0.743. The number of rotatable bonds is 2. The summed E-state index contributed by atoms with van der Waals surface area (Å²) < 4.78 is 14.3. The van der Waals surface area contributed by atoms with Crippen molar-refractivity contribution in [3.8, 4) is 0 Å². The summed E-state index contributed by atoms with van der Waals surface area (Å²) in [5.74, 6) is -0.985. The number of hydrogen-bond acceptors (Lipinski definition) is 2. The van der Waals surface area contributed by atoms with E-state index >= 15 is 0 Å². The first-order valence-electron chi connectivity index (χ1n) is 4.33. The van der Waals surface area contributed by atoms with Crippen LogP contribution in [0.15, 0.2) is 34.1 Å². The Labute approximate surface area is 109 Å². The van der Waals surface area contributed by atoms with Crippen LogP contribution in [0.25, 0.3) is 0 Å². The minimum absolute atomic E-state index is 0.0708. The second-order valence-corrected chi connectivity index (χ2v) is 5.90. The average molecular weight is 320 g/mol. The van der Waals surface area contributed by atoms with Gasteiger partial charge in [0, 0.05) is 0 Å². The summed E-state index contributed by atoms with van der Waals surface area (Å²) in [6, 6.07) is 7.58. The Morgan fingerprint density at radius 2 is 2.06 bits per heavy atom. The molecule has 0 radical (unpaired) electrons. The highest BCUT2D eigenvalue weighted by Gasteiger charge is 2.18. The molecule has 0 unspecified atom stereocenters. The third-order valence-corrected chi connectivity index (χ3v) is 3.92. The van der Waals surface area contributed by atoms with Gasteiger partial charge < -0.3 is 0 Å². The van der Waals surface area contributed by atoms with Crippen molar-refractivity contribution in [1.82, 2.24) is 0 Å². The molecule has 0 atom stereocenters. The van der Waals surface area contributed by atoms with Crippen LogP contribution in [0.1, 0.15) is 15.2 Å². The summed E-state index contributed by atoms with van der Waals surface area (Å²) in [4.78, 5) is 12.4. The van der Waals surface area contributed by atoms with Gasteiger partial charge >= 0.3 is 0 Å². The normalized spacial score (nSPS) is 10.4. The van der Waals surface area contributed by atoms with Gasteiger partial charge in [-0.25, -0.2) is 4.39 Å². The van der Waals surface area contributed by atoms with Crippen LogP contribution in [0.4, 0.5) is 4.39 Å². The maximum atomic E-state index is 13.5. The van der Waals surface area contributed by atoms with Crippen LogP contribution in [-0.4, -0.2) is 5.78 Å². The largest absolute Gasteiger partial charge is 0.288 e. The molecule has 82 valence electrons. The van der Waals surface area contributed by atoms with Gasteiger partial charge in [0.1, 0.15) is 5.82 Å². The Morgan fingerprint density at radius 3 is 2.62 bits per heavy atom. The van der Waals surface area contributed by atoms with E-state index in [0.717, 1.165) is 3.79 Å². The van der Waals surface area contributed by atoms with Crippen molar-refractivity contribution in [2.45, 2.75) is 0 Å². The van der Waals surface area contributed by atoms with E-state index < -0.39 is 5.82 Å². The van der Waals surface area contributed by atoms with Crippen LogP contribution >= 0.6 is 38.9 Å². The van der Waals surface area contributed by atoms with Crippen molar-refractivity contribution in [2.24, 2.45) is 0 Å². The number of carbonyl (C=O) groups excluding carboxylic acids is 1. The average Bonchev–Trinajstić information content (AvgIpc) is 2.64. The third-order valence-electron chi connectivity index (χ3n) is 1.99. The van der Waals surface area contributed by atoms with E-state index in [1.807, 2.05) is 0 Å². The van der Waals surface area contributed by atoms with Crippen LogP contribution in [-0.2, 0) is 0 Å². The van der Waals surface area contributed by atoms with Crippen LogP contribution in [0.2, 0.25) is 5.02 Å². The number of hydrogen-bond donors (Lipinski definition) is 0. The lowest BCUT2D eigenvalue weighted by molar-refractivity contribution is 0.103. The first kappa shape index (κ1) is 11.8. The first-order chi connectivity index (χ1) is 7.59. The van der Waals surface area contributed by atoms with Gasteiger partial charge in [0.25, 0.3) is 0 Å². The van der Waals surface area contributed by atoms with Crippen molar-refractivity contribution in [1.29, 1.82) is 0 Å². The van der Waals surface area contributed by atoms with Crippen LogP contribution in [0.5, 0.6) is 0 Å². The monoisotopic (exact) mass is 318 g/mol. The Morgan fingerprint density at radius 1 is 1.31 bits per heavy atom. The minimum Gasteiger partial charge on any atom is -0.288 e. The Balaban J connectivity index is 2.49. The fourth-order valence-electron chi connectivity index (χ4n) is 1.27. The molecule has 16 heavy (non-hydrogen) atoms. The summed E-state index contributed by atoms with van der Waals surface area (Å²) >= 11 is 10.3. The number of carbonyl (C=O) groups is 1. The molecule has 1 nitrogen and oxygen atoms in total. The predicted octanol–water partition coefficient (Wildman–Crippen LogP) is 4.53. The van der Waals surface area contributed by atoms with Gasteiger partial charge in [-0.2, -0.15) is 0 Å². The van der Waals surface area contributed by atoms with E-state index in [1.54, 1.807) is 12.1 Å². The standard InChI is InChI=1S/C11H5BrClFOS/c12-9-5-4-8(16-9)11(15)10-6(13)2-1-3-7(10)14/h1-5H. The molecule has 2 rings (SSSR count). The SMILES string of the molecule is O=C(c1ccc(Br)s1)c1c(F)cccc1Cl. The van der Waals surface area contributed by atoms with Crippen molar-refractivity contribution >= 4 is 44.7 Å². The number of thiophene rings is 1. The summed E-state index contributed by atoms with van der Waals surface area (Å²) in [7, 11) is 0. The van der Waals surface area contributed by atoms with Crippen LogP contribution in [0.3, 0.4) is 0 Å². The van der Waals surface area contributed by atoms with E-state index in [4.69, 9.17) is 11.6 Å². The molecule has 1 aromatic heterocycles. The van der Waals surface area contributed by atoms with Gasteiger partial charge in [0.05, 0.1) is 19.2 Å². The van der Waals surface area contributed by atoms with Crippen molar-refractivity contribution < 1.29 is 9.18 Å². The molecule has 0 bridgehead atoms. The summed E-state index contributed by atoms with van der Waals surface area (Å²) in [5.41, 5.74) is -0.0708. The second kappa shape index (κ2) is 4.65. The van der Waals surface area contributed by atoms with E-state index in [2.05, 4.69) is 15.9 Å². The molecule has 0 aliphatic rings. The Hall–Kier alpha value is -0.710. The van der Waals surface area contributed by atoms with Crippen molar-refractivity contribution in [3.63, 3.8) is 0 Å². The van der Waals surface area contributed by atoms with E-state index in [9.17, 15) is 9.18 Å². The molecule has 2 aromatic rings. The third kappa shape index (κ3) is 2.19. The van der Waals surface area contributed by atoms with Gasteiger partial charge in [-0.1, -0.05) is 17.7 Å². The summed E-state index contributed by atoms with van der Waals surface area (Å²) in [6.45, 7) is 0. The topological polar surface area (TPSA) is 17.1 Å². The van der Waals surface area contributed by atoms with Gasteiger partial charge in [-0.3, -0.25) is 4.79 Å². The highest BCUT2D eigenvalue weighted by atomic mass is 79.9. The zero-order valence-electron chi connectivity index (χ0n) is 7.84. The smallest absolute Gasteiger partial charge is 0.207 e. The van der Waals surface area contributed by atoms with E-state index in [-0.39, 0.29) is 16.4 Å². The molecule has 0 N–H and O–H groups in total. The number of benzene rings is 1. The second-order valence-electron chi connectivity index (χ2n) is 3.03. The lowest BCUT2D eigenvalue weighted by atomic mass is 10.1. The molecule has 0 spiro atoms. The first-order valence-corrected chi connectivity index (χ1v) is 6.32. The van der Waals surface area contributed by atoms with Gasteiger partial charge in [0.15, 0.2) is 0 Å². The van der Waals surface area contributed by atoms with Crippen molar-refractivity contribution in [2.75, 3.05) is 0 Å². The Kier molecular flexibility index (Phi) is 3.42. The zero-order valence-corrected chi connectivity index (χ0v) is 11.0. The van der Waals surface area contributed by atoms with Gasteiger partial charge in [-0.15, -0.1) is 11.3 Å². The molecule has 5 heteroatoms. The van der Waals surface area contributed by atoms with Crippen LogP contribution < -0.4 is 0 Å². The van der Waals surface area contributed by atoms with Gasteiger partial charge in [0.2, 0.25) is 5.78 Å². The molecule has 0 saturated carbocycles. The maximum absolute atomic E-state index is 13.5. The highest BCUT2D eigenvalue weighted by molar-refractivity contribution is 9.11. The van der Waals surface area contributed by atoms with E-state index in [1.165, 1.54) is 29.5 Å². The number of halogens is 3. The van der Waals surface area contributed by atoms with Gasteiger partial charge in [-0.05, 0) is 40.2 Å². The molecule has 0 amide bonds. The maximum Gasteiger partial charge on any atom is 0.207 e. The van der Waals surface area contributed by atoms with Crippen molar-refractivity contribution in [3.05, 3.63) is 55.4 Å². The molecule has 1 aromatic carbocycles. The Bertz CT molecular complexity index is 532. The molecular formula is C11H5BrClFOS. The molecule has 0 saturated heterocycles. The van der Waals surface area contributed by atoms with E-state index in [0.29, 0.717) is 4.88 Å². The minimum atomic E-state index is -0.595. The lowest BCUT2D eigenvalue weighted by Crippen LogP contribution is -2.02. The highest BCUT2D eigenvalue weighted by Crippen LogP contribution is 2.28. The predicted molar refractivity (Wildman–Crippen MR) is 66.9 cm³/mol. The molecule has 0 fully saturated rings. The van der Waals surface area contributed by atoms with Crippen LogP contribution in [0, 0.1) is 5.82 Å². The fraction of sp³-hybridized carbons (Fsp3) is 0. The summed E-state index contributed by atoms with van der Waals surface area (Å²) in [6.07, 6.45) is 0.